The van der Waals surface area contributed by atoms with Crippen LogP contribution in [0.1, 0.15) is 5.69 Å². The second kappa shape index (κ2) is 7.76. The third-order valence-corrected chi connectivity index (χ3v) is 4.27. The van der Waals surface area contributed by atoms with Gasteiger partial charge in [-0.3, -0.25) is 4.79 Å². The van der Waals surface area contributed by atoms with Crippen molar-refractivity contribution in [1.82, 2.24) is 9.97 Å². The van der Waals surface area contributed by atoms with Gasteiger partial charge in [0.1, 0.15) is 5.82 Å². The standard InChI is InChI=1S/C18H19N5OS/c1-23(2)15-8-6-13(7-9-15)20-17(24)11-14-12-25-18(21-14)22-16-5-3-4-10-19-16/h3-10,12H,11H2,1-2H3,(H,20,24)(H,19,21,22). The van der Waals surface area contributed by atoms with Gasteiger partial charge in [-0.1, -0.05) is 6.07 Å². The Morgan fingerprint density at radius 2 is 1.96 bits per heavy atom. The third kappa shape index (κ3) is 4.77. The molecule has 6 nitrogen and oxygen atoms in total. The summed E-state index contributed by atoms with van der Waals surface area (Å²) in [5, 5.41) is 8.61. The molecule has 2 N–H and O–H groups in total. The Bertz CT molecular complexity index is 830. The summed E-state index contributed by atoms with van der Waals surface area (Å²) in [5.41, 5.74) is 2.59. The van der Waals surface area contributed by atoms with E-state index >= 15 is 0 Å². The van der Waals surface area contributed by atoms with Crippen molar-refractivity contribution in [3.05, 3.63) is 59.7 Å². The molecule has 0 radical (unpaired) electrons. The van der Waals surface area contributed by atoms with Gasteiger partial charge < -0.3 is 15.5 Å². The van der Waals surface area contributed by atoms with Gasteiger partial charge in [0.15, 0.2) is 5.13 Å². The van der Waals surface area contributed by atoms with Crippen LogP contribution in [0.5, 0.6) is 0 Å². The first kappa shape index (κ1) is 16.9. The van der Waals surface area contributed by atoms with Crippen LogP contribution in [-0.2, 0) is 11.2 Å². The fourth-order valence-corrected chi connectivity index (χ4v) is 2.92. The molecule has 0 aliphatic heterocycles. The zero-order chi connectivity index (χ0) is 17.6. The Kier molecular flexibility index (Phi) is 5.25. The van der Waals surface area contributed by atoms with E-state index in [0.717, 1.165) is 28.0 Å². The zero-order valence-electron chi connectivity index (χ0n) is 14.1. The summed E-state index contributed by atoms with van der Waals surface area (Å²) >= 11 is 1.45. The lowest BCUT2D eigenvalue weighted by Crippen LogP contribution is -2.15. The highest BCUT2D eigenvalue weighted by Crippen LogP contribution is 2.20. The summed E-state index contributed by atoms with van der Waals surface area (Å²) < 4.78 is 0. The van der Waals surface area contributed by atoms with Crippen molar-refractivity contribution >= 4 is 39.6 Å². The highest BCUT2D eigenvalue weighted by Gasteiger charge is 2.09. The molecule has 0 spiro atoms. The van der Waals surface area contributed by atoms with Crippen molar-refractivity contribution in [1.29, 1.82) is 0 Å². The van der Waals surface area contributed by atoms with E-state index in [1.54, 1.807) is 6.20 Å². The van der Waals surface area contributed by atoms with E-state index in [4.69, 9.17) is 0 Å². The maximum absolute atomic E-state index is 12.2. The number of carbonyl (C=O) groups excluding carboxylic acids is 1. The molecule has 128 valence electrons. The first-order valence-electron chi connectivity index (χ1n) is 7.80. The normalized spacial score (nSPS) is 10.3. The number of hydrogen-bond acceptors (Lipinski definition) is 6. The third-order valence-electron chi connectivity index (χ3n) is 3.46. The molecular formula is C18H19N5OS. The van der Waals surface area contributed by atoms with E-state index in [9.17, 15) is 4.79 Å². The van der Waals surface area contributed by atoms with E-state index in [1.165, 1.54) is 11.3 Å². The van der Waals surface area contributed by atoms with Crippen LogP contribution in [0, 0.1) is 0 Å². The minimum Gasteiger partial charge on any atom is -0.378 e. The van der Waals surface area contributed by atoms with Gasteiger partial charge in [0.05, 0.1) is 12.1 Å². The molecule has 1 amide bonds. The molecule has 0 saturated heterocycles. The number of benzene rings is 1. The van der Waals surface area contributed by atoms with Crippen molar-refractivity contribution in [2.45, 2.75) is 6.42 Å². The molecule has 0 saturated carbocycles. The minimum absolute atomic E-state index is 0.0905. The second-order valence-electron chi connectivity index (χ2n) is 5.65. The molecule has 1 aromatic carbocycles. The number of hydrogen-bond donors (Lipinski definition) is 2. The summed E-state index contributed by atoms with van der Waals surface area (Å²) in [6.45, 7) is 0. The fourth-order valence-electron chi connectivity index (χ4n) is 2.20. The maximum atomic E-state index is 12.2. The van der Waals surface area contributed by atoms with Gasteiger partial charge in [0, 0.05) is 37.0 Å². The molecule has 0 unspecified atom stereocenters. The largest absolute Gasteiger partial charge is 0.378 e. The number of nitrogens with zero attached hydrogens (tertiary/aromatic N) is 3. The van der Waals surface area contributed by atoms with Crippen LogP contribution in [0.4, 0.5) is 22.3 Å². The predicted octanol–water partition coefficient (Wildman–Crippen LogP) is 3.53. The van der Waals surface area contributed by atoms with Gasteiger partial charge in [-0.05, 0) is 36.4 Å². The molecule has 2 aromatic heterocycles. The Morgan fingerprint density at radius 3 is 2.64 bits per heavy atom. The molecule has 3 rings (SSSR count). The number of amides is 1. The van der Waals surface area contributed by atoms with Gasteiger partial charge in [0.25, 0.3) is 0 Å². The molecule has 0 fully saturated rings. The first-order valence-corrected chi connectivity index (χ1v) is 8.68. The first-order chi connectivity index (χ1) is 12.1. The predicted molar refractivity (Wildman–Crippen MR) is 103 cm³/mol. The van der Waals surface area contributed by atoms with Crippen LogP contribution in [0.2, 0.25) is 0 Å². The summed E-state index contributed by atoms with van der Waals surface area (Å²) in [6, 6.07) is 13.3. The molecule has 2 heterocycles. The number of aromatic nitrogens is 2. The summed E-state index contributed by atoms with van der Waals surface area (Å²) in [6.07, 6.45) is 1.95. The van der Waals surface area contributed by atoms with Crippen molar-refractivity contribution < 1.29 is 4.79 Å². The minimum atomic E-state index is -0.0905. The number of pyridine rings is 1. The van der Waals surface area contributed by atoms with E-state index in [1.807, 2.05) is 66.8 Å². The summed E-state index contributed by atoms with van der Waals surface area (Å²) in [7, 11) is 3.96. The molecule has 25 heavy (non-hydrogen) atoms. The Hall–Kier alpha value is -2.93. The summed E-state index contributed by atoms with van der Waals surface area (Å²) in [5.74, 6) is 0.640. The highest BCUT2D eigenvalue weighted by atomic mass is 32.1. The van der Waals surface area contributed by atoms with Gasteiger partial charge in [-0.25, -0.2) is 9.97 Å². The monoisotopic (exact) mass is 353 g/mol. The van der Waals surface area contributed by atoms with Crippen LogP contribution in [0.3, 0.4) is 0 Å². The zero-order valence-corrected chi connectivity index (χ0v) is 14.9. The van der Waals surface area contributed by atoms with Crippen LogP contribution in [0.15, 0.2) is 54.0 Å². The smallest absolute Gasteiger partial charge is 0.230 e. The molecule has 7 heteroatoms. The van der Waals surface area contributed by atoms with E-state index in [0.29, 0.717) is 0 Å². The maximum Gasteiger partial charge on any atom is 0.230 e. The van der Waals surface area contributed by atoms with Crippen molar-refractivity contribution in [3.63, 3.8) is 0 Å². The second-order valence-corrected chi connectivity index (χ2v) is 6.51. The average Bonchev–Trinajstić information content (AvgIpc) is 3.03. The van der Waals surface area contributed by atoms with Gasteiger partial charge in [-0.15, -0.1) is 11.3 Å². The highest BCUT2D eigenvalue weighted by molar-refractivity contribution is 7.13. The Morgan fingerprint density at radius 1 is 1.16 bits per heavy atom. The summed E-state index contributed by atoms with van der Waals surface area (Å²) in [4.78, 5) is 22.8. The van der Waals surface area contributed by atoms with Crippen molar-refractivity contribution in [2.24, 2.45) is 0 Å². The SMILES string of the molecule is CN(C)c1ccc(NC(=O)Cc2csc(Nc3ccccn3)n2)cc1. The molecule has 0 atom stereocenters. The number of anilines is 4. The Labute approximate surface area is 150 Å². The van der Waals surface area contributed by atoms with Crippen molar-refractivity contribution in [2.75, 3.05) is 29.6 Å². The quantitative estimate of drug-likeness (QED) is 0.709. The molecule has 0 bridgehead atoms. The lowest BCUT2D eigenvalue weighted by molar-refractivity contribution is -0.115. The number of carbonyl (C=O) groups is 1. The van der Waals surface area contributed by atoms with Crippen LogP contribution < -0.4 is 15.5 Å². The van der Waals surface area contributed by atoms with Gasteiger partial charge in [0.2, 0.25) is 5.91 Å². The van der Waals surface area contributed by atoms with E-state index < -0.39 is 0 Å². The van der Waals surface area contributed by atoms with Crippen LogP contribution in [0.25, 0.3) is 0 Å². The number of thiazole rings is 1. The lowest BCUT2D eigenvalue weighted by Gasteiger charge is -2.12. The molecule has 0 aliphatic carbocycles. The lowest BCUT2D eigenvalue weighted by atomic mass is 10.2. The molecule has 3 aromatic rings. The Balaban J connectivity index is 1.56. The molecular weight excluding hydrogens is 334 g/mol. The number of rotatable bonds is 6. The van der Waals surface area contributed by atoms with Gasteiger partial charge >= 0.3 is 0 Å². The number of nitrogens with one attached hydrogen (secondary N) is 2. The molecule has 0 aliphatic rings. The van der Waals surface area contributed by atoms with E-state index in [2.05, 4.69) is 20.6 Å². The average molecular weight is 353 g/mol. The van der Waals surface area contributed by atoms with Gasteiger partial charge in [-0.2, -0.15) is 0 Å². The fraction of sp³-hybridized carbons (Fsp3) is 0.167. The van der Waals surface area contributed by atoms with E-state index in [-0.39, 0.29) is 12.3 Å². The van der Waals surface area contributed by atoms with Crippen molar-refractivity contribution in [3.8, 4) is 0 Å². The van der Waals surface area contributed by atoms with Crippen LogP contribution in [-0.4, -0.2) is 30.0 Å². The van der Waals surface area contributed by atoms with Crippen LogP contribution >= 0.6 is 11.3 Å². The topological polar surface area (TPSA) is 70.2 Å².